The third kappa shape index (κ3) is 4.71. The summed E-state index contributed by atoms with van der Waals surface area (Å²) in [7, 11) is 0. The van der Waals surface area contributed by atoms with Crippen LogP contribution in [0.4, 0.5) is 5.69 Å². The monoisotopic (exact) mass is 205 g/mol. The molecule has 1 rings (SSSR count). The van der Waals surface area contributed by atoms with Crippen molar-refractivity contribution < 1.29 is 4.79 Å². The number of nitrogens with one attached hydrogen (secondary N) is 3. The van der Waals surface area contributed by atoms with Gasteiger partial charge in [0, 0.05) is 18.8 Å². The van der Waals surface area contributed by atoms with E-state index in [9.17, 15) is 4.79 Å². The summed E-state index contributed by atoms with van der Waals surface area (Å²) in [4.78, 5) is 10.7. The Morgan fingerprint density at radius 3 is 2.47 bits per heavy atom. The van der Waals surface area contributed by atoms with Crippen LogP contribution in [0.1, 0.15) is 13.8 Å². The van der Waals surface area contributed by atoms with Gasteiger partial charge in [-0.25, -0.2) is 0 Å². The summed E-state index contributed by atoms with van der Waals surface area (Å²) in [6, 6.07) is 9.70. The molecular weight excluding hydrogens is 190 g/mol. The smallest absolute Gasteiger partial charge is 0.221 e. The van der Waals surface area contributed by atoms with Crippen LogP contribution in [0.3, 0.4) is 0 Å². The van der Waals surface area contributed by atoms with Crippen molar-refractivity contribution in [3.8, 4) is 0 Å². The van der Waals surface area contributed by atoms with Crippen LogP contribution in [0.15, 0.2) is 42.2 Å². The van der Waals surface area contributed by atoms with Gasteiger partial charge in [0.25, 0.3) is 0 Å². The van der Waals surface area contributed by atoms with Gasteiger partial charge in [0.2, 0.25) is 5.91 Å². The minimum Gasteiger partial charge on any atom is -0.329 e. The predicted octanol–water partition coefficient (Wildman–Crippen LogP) is 1.60. The van der Waals surface area contributed by atoms with Crippen molar-refractivity contribution in [2.45, 2.75) is 13.8 Å². The molecule has 0 radical (unpaired) electrons. The zero-order valence-corrected chi connectivity index (χ0v) is 8.87. The lowest BCUT2D eigenvalue weighted by molar-refractivity contribution is -0.118. The average molecular weight is 205 g/mol. The number of allylic oxidation sites excluding steroid dienone is 1. The Bertz CT molecular complexity index is 346. The fraction of sp³-hybridized carbons (Fsp3) is 0.182. The topological polar surface area (TPSA) is 53.2 Å². The molecule has 0 bridgehead atoms. The Kier molecular flexibility index (Phi) is 4.22. The molecule has 4 nitrogen and oxygen atoms in total. The van der Waals surface area contributed by atoms with Crippen molar-refractivity contribution in [1.82, 2.24) is 10.7 Å². The molecule has 0 spiro atoms. The van der Waals surface area contributed by atoms with E-state index in [1.807, 2.05) is 30.3 Å². The second kappa shape index (κ2) is 5.70. The first-order valence-electron chi connectivity index (χ1n) is 4.69. The molecule has 0 aliphatic heterocycles. The molecule has 1 amide bonds. The van der Waals surface area contributed by atoms with Crippen molar-refractivity contribution in [3.63, 3.8) is 0 Å². The van der Waals surface area contributed by atoms with Crippen LogP contribution in [0.2, 0.25) is 0 Å². The Balaban J connectivity index is 2.35. The molecule has 0 fully saturated rings. The lowest BCUT2D eigenvalue weighted by Crippen LogP contribution is -2.22. The normalized spacial score (nSPS) is 10.7. The molecule has 0 saturated heterocycles. The highest BCUT2D eigenvalue weighted by atomic mass is 16.1. The lowest BCUT2D eigenvalue weighted by atomic mass is 10.3. The zero-order valence-electron chi connectivity index (χ0n) is 8.87. The fourth-order valence-electron chi connectivity index (χ4n) is 1.06. The number of hydrazine groups is 1. The van der Waals surface area contributed by atoms with E-state index < -0.39 is 0 Å². The second-order valence-electron chi connectivity index (χ2n) is 3.14. The summed E-state index contributed by atoms with van der Waals surface area (Å²) < 4.78 is 0. The standard InChI is InChI=1S/C11H15N3O/c1-9(13-10(2)15)8-12-14-11-6-4-3-5-7-11/h3-8,12,14H,1-2H3,(H,13,15)/b9-8-. The van der Waals surface area contributed by atoms with Crippen molar-refractivity contribution >= 4 is 11.6 Å². The Morgan fingerprint density at radius 2 is 1.87 bits per heavy atom. The predicted molar refractivity (Wildman–Crippen MR) is 60.8 cm³/mol. The van der Waals surface area contributed by atoms with E-state index in [1.165, 1.54) is 6.92 Å². The van der Waals surface area contributed by atoms with Crippen LogP contribution in [-0.2, 0) is 4.79 Å². The van der Waals surface area contributed by atoms with Gasteiger partial charge in [-0.15, -0.1) is 0 Å². The molecule has 0 unspecified atom stereocenters. The van der Waals surface area contributed by atoms with Crippen molar-refractivity contribution in [2.75, 3.05) is 5.43 Å². The van der Waals surface area contributed by atoms with E-state index in [0.29, 0.717) is 0 Å². The SMILES string of the molecule is CC(=O)N/C(C)=C\NNc1ccccc1. The molecule has 0 atom stereocenters. The fourth-order valence-corrected chi connectivity index (χ4v) is 1.06. The molecule has 0 saturated carbocycles. The number of hydrogen-bond acceptors (Lipinski definition) is 3. The zero-order chi connectivity index (χ0) is 11.1. The van der Waals surface area contributed by atoms with Gasteiger partial charge in [0.15, 0.2) is 0 Å². The number of rotatable bonds is 4. The molecule has 0 aliphatic carbocycles. The first-order valence-corrected chi connectivity index (χ1v) is 4.69. The number of benzene rings is 1. The molecule has 0 aliphatic rings. The number of carbonyl (C=O) groups is 1. The average Bonchev–Trinajstić information content (AvgIpc) is 2.18. The number of carbonyl (C=O) groups excluding carboxylic acids is 1. The summed E-state index contributed by atoms with van der Waals surface area (Å²) in [5.74, 6) is -0.0785. The van der Waals surface area contributed by atoms with Gasteiger partial charge in [0.05, 0.1) is 5.69 Å². The van der Waals surface area contributed by atoms with Crippen LogP contribution in [0.5, 0.6) is 0 Å². The molecule has 0 aromatic heterocycles. The third-order valence-electron chi connectivity index (χ3n) is 1.65. The van der Waals surface area contributed by atoms with Gasteiger partial charge in [-0.2, -0.15) is 0 Å². The van der Waals surface area contributed by atoms with E-state index in [1.54, 1.807) is 13.1 Å². The van der Waals surface area contributed by atoms with Crippen molar-refractivity contribution in [1.29, 1.82) is 0 Å². The highest BCUT2D eigenvalue weighted by Gasteiger charge is 1.91. The molecule has 15 heavy (non-hydrogen) atoms. The van der Waals surface area contributed by atoms with Crippen LogP contribution < -0.4 is 16.2 Å². The van der Waals surface area contributed by atoms with Gasteiger partial charge in [-0.3, -0.25) is 4.79 Å². The number of amides is 1. The number of anilines is 1. The Labute approximate surface area is 89.3 Å². The Morgan fingerprint density at radius 1 is 1.20 bits per heavy atom. The summed E-state index contributed by atoms with van der Waals surface area (Å²) >= 11 is 0. The largest absolute Gasteiger partial charge is 0.329 e. The van der Waals surface area contributed by atoms with Gasteiger partial charge < -0.3 is 16.2 Å². The molecule has 1 aromatic rings. The molecule has 80 valence electrons. The van der Waals surface area contributed by atoms with Crippen LogP contribution in [0, 0.1) is 0 Å². The van der Waals surface area contributed by atoms with E-state index in [0.717, 1.165) is 11.4 Å². The van der Waals surface area contributed by atoms with E-state index >= 15 is 0 Å². The van der Waals surface area contributed by atoms with Crippen molar-refractivity contribution in [2.24, 2.45) is 0 Å². The van der Waals surface area contributed by atoms with E-state index in [2.05, 4.69) is 16.2 Å². The molecule has 1 aromatic carbocycles. The first-order chi connectivity index (χ1) is 7.18. The molecule has 0 heterocycles. The summed E-state index contributed by atoms with van der Waals surface area (Å²) in [6.07, 6.45) is 1.69. The van der Waals surface area contributed by atoms with Crippen LogP contribution >= 0.6 is 0 Å². The first kappa shape index (κ1) is 11.1. The van der Waals surface area contributed by atoms with Crippen LogP contribution in [0.25, 0.3) is 0 Å². The van der Waals surface area contributed by atoms with Gasteiger partial charge >= 0.3 is 0 Å². The summed E-state index contributed by atoms with van der Waals surface area (Å²) in [5, 5.41) is 2.65. The molecule has 3 N–H and O–H groups in total. The minimum atomic E-state index is -0.0785. The maximum atomic E-state index is 10.7. The van der Waals surface area contributed by atoms with Gasteiger partial charge in [-0.1, -0.05) is 18.2 Å². The summed E-state index contributed by atoms with van der Waals surface area (Å²) in [6.45, 7) is 3.28. The minimum absolute atomic E-state index is 0.0785. The van der Waals surface area contributed by atoms with E-state index in [4.69, 9.17) is 0 Å². The maximum Gasteiger partial charge on any atom is 0.221 e. The van der Waals surface area contributed by atoms with Crippen molar-refractivity contribution in [3.05, 3.63) is 42.2 Å². The molecule has 4 heteroatoms. The lowest BCUT2D eigenvalue weighted by Gasteiger charge is -2.07. The number of hydrogen-bond donors (Lipinski definition) is 3. The summed E-state index contributed by atoms with van der Waals surface area (Å²) in [5.41, 5.74) is 7.57. The third-order valence-corrected chi connectivity index (χ3v) is 1.65. The molecular formula is C11H15N3O. The Hall–Kier alpha value is -1.97. The highest BCUT2D eigenvalue weighted by Crippen LogP contribution is 2.02. The maximum absolute atomic E-state index is 10.7. The highest BCUT2D eigenvalue weighted by molar-refractivity contribution is 5.74. The second-order valence-corrected chi connectivity index (χ2v) is 3.14. The van der Waals surface area contributed by atoms with Gasteiger partial charge in [-0.05, 0) is 19.1 Å². The van der Waals surface area contributed by atoms with Crippen LogP contribution in [-0.4, -0.2) is 5.91 Å². The van der Waals surface area contributed by atoms with Gasteiger partial charge in [0.1, 0.15) is 0 Å². The number of para-hydroxylation sites is 1. The van der Waals surface area contributed by atoms with E-state index in [-0.39, 0.29) is 5.91 Å². The quantitative estimate of drug-likeness (QED) is 0.654.